The van der Waals surface area contributed by atoms with E-state index in [1.165, 1.54) is 6.21 Å². The van der Waals surface area contributed by atoms with Crippen molar-refractivity contribution < 1.29 is 19.1 Å². The van der Waals surface area contributed by atoms with E-state index in [2.05, 4.69) is 37.1 Å². The first-order chi connectivity index (χ1) is 15.3. The predicted octanol–water partition coefficient (Wildman–Crippen LogP) is 3.45. The average Bonchev–Trinajstić information content (AvgIpc) is 2.72. The lowest BCUT2D eigenvalue weighted by molar-refractivity contribution is -0.139. The summed E-state index contributed by atoms with van der Waals surface area (Å²) in [5, 5.41) is 9.14. The van der Waals surface area contributed by atoms with Crippen molar-refractivity contribution in [3.8, 4) is 5.75 Å². The maximum Gasteiger partial charge on any atom is 0.329 e. The fraction of sp³-hybridized carbons (Fsp3) is 0.304. The minimum atomic E-state index is -0.859. The van der Waals surface area contributed by atoms with Crippen LogP contribution in [0, 0.1) is 13.8 Å². The number of aryl methyl sites for hydroxylation is 2. The molecule has 0 aliphatic heterocycles. The van der Waals surface area contributed by atoms with Crippen LogP contribution in [-0.4, -0.2) is 37.1 Å². The second kappa shape index (κ2) is 12.6. The zero-order valence-corrected chi connectivity index (χ0v) is 19.9. The van der Waals surface area contributed by atoms with Crippen LogP contribution < -0.4 is 20.8 Å². The largest absolute Gasteiger partial charge is 0.483 e. The van der Waals surface area contributed by atoms with Gasteiger partial charge in [0.1, 0.15) is 5.75 Å². The van der Waals surface area contributed by atoms with Crippen molar-refractivity contribution in [2.75, 3.05) is 18.5 Å². The molecule has 0 aliphatic rings. The molecule has 170 valence electrons. The number of anilines is 1. The number of benzene rings is 2. The van der Waals surface area contributed by atoms with Crippen LogP contribution in [0.2, 0.25) is 0 Å². The van der Waals surface area contributed by atoms with Gasteiger partial charge in [-0.1, -0.05) is 35.3 Å². The summed E-state index contributed by atoms with van der Waals surface area (Å²) in [6.07, 6.45) is 3.05. The number of hydrazone groups is 1. The molecule has 0 heterocycles. The van der Waals surface area contributed by atoms with Gasteiger partial charge in [-0.15, -0.1) is 0 Å². The van der Waals surface area contributed by atoms with Crippen molar-refractivity contribution >= 4 is 45.6 Å². The third-order valence-electron chi connectivity index (χ3n) is 4.23. The normalized spacial score (nSPS) is 10.6. The highest BCUT2D eigenvalue weighted by atomic mass is 79.9. The van der Waals surface area contributed by atoms with Crippen molar-refractivity contribution in [2.45, 2.75) is 33.6 Å². The van der Waals surface area contributed by atoms with Gasteiger partial charge >= 0.3 is 11.8 Å². The van der Waals surface area contributed by atoms with E-state index in [4.69, 9.17) is 4.74 Å². The molecule has 0 radical (unpaired) electrons. The number of nitrogens with zero attached hydrogens (tertiary/aromatic N) is 1. The Kier molecular flexibility index (Phi) is 9.87. The van der Waals surface area contributed by atoms with Gasteiger partial charge in [0.15, 0.2) is 6.61 Å². The molecule has 2 rings (SSSR count). The smallest absolute Gasteiger partial charge is 0.329 e. The molecular formula is C23H27BrN4O4. The number of halogens is 1. The van der Waals surface area contributed by atoms with E-state index in [9.17, 15) is 14.4 Å². The van der Waals surface area contributed by atoms with Crippen LogP contribution in [0.3, 0.4) is 0 Å². The van der Waals surface area contributed by atoms with Crippen LogP contribution in [0.4, 0.5) is 5.69 Å². The molecule has 32 heavy (non-hydrogen) atoms. The van der Waals surface area contributed by atoms with Gasteiger partial charge in [0.25, 0.3) is 5.91 Å². The van der Waals surface area contributed by atoms with E-state index < -0.39 is 11.8 Å². The van der Waals surface area contributed by atoms with Gasteiger partial charge in [-0.3, -0.25) is 14.4 Å². The summed E-state index contributed by atoms with van der Waals surface area (Å²) in [6, 6.07) is 10.9. The van der Waals surface area contributed by atoms with Gasteiger partial charge in [0.2, 0.25) is 0 Å². The first-order valence-electron chi connectivity index (χ1n) is 10.2. The van der Waals surface area contributed by atoms with E-state index in [0.717, 1.165) is 28.4 Å². The van der Waals surface area contributed by atoms with Gasteiger partial charge in [-0.25, -0.2) is 5.43 Å². The minimum Gasteiger partial charge on any atom is -0.483 e. The Bertz CT molecular complexity index is 987. The molecule has 0 bridgehead atoms. The van der Waals surface area contributed by atoms with Gasteiger partial charge in [0.05, 0.1) is 6.21 Å². The topological polar surface area (TPSA) is 109 Å². The fourth-order valence-corrected chi connectivity index (χ4v) is 3.19. The van der Waals surface area contributed by atoms with E-state index >= 15 is 0 Å². The molecule has 9 heteroatoms. The van der Waals surface area contributed by atoms with E-state index in [1.54, 1.807) is 18.2 Å². The Morgan fingerprint density at radius 3 is 2.47 bits per heavy atom. The zero-order valence-electron chi connectivity index (χ0n) is 18.3. The molecule has 0 aromatic heterocycles. The zero-order chi connectivity index (χ0) is 23.5. The van der Waals surface area contributed by atoms with Gasteiger partial charge in [0, 0.05) is 22.3 Å². The third kappa shape index (κ3) is 8.50. The SMILES string of the molecule is CCCCNC(=O)C(=O)N/N=C\c1cc(Br)ccc1OCC(=O)Nc1cc(C)cc(C)c1. The highest BCUT2D eigenvalue weighted by molar-refractivity contribution is 9.10. The monoisotopic (exact) mass is 502 g/mol. The molecule has 8 nitrogen and oxygen atoms in total. The second-order valence-electron chi connectivity index (χ2n) is 7.20. The molecule has 2 aromatic rings. The van der Waals surface area contributed by atoms with Crippen molar-refractivity contribution in [1.29, 1.82) is 0 Å². The van der Waals surface area contributed by atoms with E-state index in [-0.39, 0.29) is 12.5 Å². The standard InChI is InChI=1S/C23H27BrN4O4/c1-4-5-8-25-22(30)23(31)28-26-13-17-12-18(24)6-7-20(17)32-14-21(29)27-19-10-15(2)9-16(3)11-19/h6-7,9-13H,4-5,8,14H2,1-3H3,(H,25,30)(H,27,29)(H,28,31)/b26-13-. The number of amides is 3. The summed E-state index contributed by atoms with van der Waals surface area (Å²) in [7, 11) is 0. The van der Waals surface area contributed by atoms with Crippen LogP contribution >= 0.6 is 15.9 Å². The quantitative estimate of drug-likeness (QED) is 0.211. The summed E-state index contributed by atoms with van der Waals surface area (Å²) in [4.78, 5) is 35.8. The molecule has 0 unspecified atom stereocenters. The first-order valence-corrected chi connectivity index (χ1v) is 11.0. The Hall–Kier alpha value is -3.20. The van der Waals surface area contributed by atoms with Crippen molar-refractivity contribution in [1.82, 2.24) is 10.7 Å². The molecular weight excluding hydrogens is 476 g/mol. The van der Waals surface area contributed by atoms with E-state index in [0.29, 0.717) is 23.5 Å². The first kappa shape index (κ1) is 25.1. The van der Waals surface area contributed by atoms with Crippen LogP contribution in [-0.2, 0) is 14.4 Å². The minimum absolute atomic E-state index is 0.207. The highest BCUT2D eigenvalue weighted by Crippen LogP contribution is 2.22. The number of hydrogen-bond donors (Lipinski definition) is 3. The number of nitrogens with one attached hydrogen (secondary N) is 3. The Morgan fingerprint density at radius 2 is 1.78 bits per heavy atom. The van der Waals surface area contributed by atoms with E-state index in [1.807, 2.05) is 39.0 Å². The van der Waals surface area contributed by atoms with Crippen molar-refractivity contribution in [2.24, 2.45) is 5.10 Å². The molecule has 0 saturated heterocycles. The number of carbonyl (C=O) groups is 3. The maximum atomic E-state index is 12.3. The number of ether oxygens (including phenoxy) is 1. The Balaban J connectivity index is 1.95. The lowest BCUT2D eigenvalue weighted by atomic mass is 10.1. The second-order valence-corrected chi connectivity index (χ2v) is 8.12. The molecule has 2 aromatic carbocycles. The Labute approximate surface area is 195 Å². The lowest BCUT2D eigenvalue weighted by Crippen LogP contribution is -2.38. The summed E-state index contributed by atoms with van der Waals surface area (Å²) in [5.41, 5.74) is 5.50. The van der Waals surface area contributed by atoms with Crippen molar-refractivity contribution in [3.05, 3.63) is 57.6 Å². The van der Waals surface area contributed by atoms with Gasteiger partial charge < -0.3 is 15.4 Å². The van der Waals surface area contributed by atoms with Crippen LogP contribution in [0.15, 0.2) is 46.0 Å². The molecule has 3 N–H and O–H groups in total. The number of carbonyl (C=O) groups excluding carboxylic acids is 3. The van der Waals surface area contributed by atoms with Crippen LogP contribution in [0.1, 0.15) is 36.5 Å². The summed E-state index contributed by atoms with van der Waals surface area (Å²) >= 11 is 3.37. The van der Waals surface area contributed by atoms with Crippen molar-refractivity contribution in [3.63, 3.8) is 0 Å². The van der Waals surface area contributed by atoms with Crippen LogP contribution in [0.25, 0.3) is 0 Å². The maximum absolute atomic E-state index is 12.3. The summed E-state index contributed by atoms with van der Waals surface area (Å²) in [6.45, 7) is 6.13. The average molecular weight is 503 g/mol. The highest BCUT2D eigenvalue weighted by Gasteiger charge is 2.12. The lowest BCUT2D eigenvalue weighted by Gasteiger charge is -2.11. The number of hydrogen-bond acceptors (Lipinski definition) is 5. The molecule has 0 atom stereocenters. The molecule has 0 fully saturated rings. The van der Waals surface area contributed by atoms with Crippen LogP contribution in [0.5, 0.6) is 5.75 Å². The van der Waals surface area contributed by atoms with Gasteiger partial charge in [-0.05, 0) is 61.7 Å². The molecule has 0 saturated carbocycles. The Morgan fingerprint density at radius 1 is 1.06 bits per heavy atom. The van der Waals surface area contributed by atoms with Gasteiger partial charge in [-0.2, -0.15) is 5.10 Å². The summed E-state index contributed by atoms with van der Waals surface area (Å²) < 4.78 is 6.40. The third-order valence-corrected chi connectivity index (χ3v) is 4.72. The molecule has 0 spiro atoms. The number of unbranched alkanes of at least 4 members (excludes halogenated alkanes) is 1. The predicted molar refractivity (Wildman–Crippen MR) is 128 cm³/mol. The fourth-order valence-electron chi connectivity index (χ4n) is 2.81. The molecule has 3 amide bonds. The summed E-state index contributed by atoms with van der Waals surface area (Å²) in [5.74, 6) is -1.51. The number of rotatable bonds is 9. The molecule has 0 aliphatic carbocycles.